The van der Waals surface area contributed by atoms with Crippen LogP contribution < -0.4 is 11.1 Å². The van der Waals surface area contributed by atoms with Crippen LogP contribution in [-0.4, -0.2) is 83.0 Å². The van der Waals surface area contributed by atoms with Crippen LogP contribution in [-0.2, 0) is 25.2 Å². The van der Waals surface area contributed by atoms with Crippen molar-refractivity contribution in [2.75, 3.05) is 33.3 Å². The average Bonchev–Trinajstić information content (AvgIpc) is 3.43. The third kappa shape index (κ3) is 8.90. The van der Waals surface area contributed by atoms with Crippen LogP contribution in [0.25, 0.3) is 0 Å². The van der Waals surface area contributed by atoms with Crippen molar-refractivity contribution in [2.24, 2.45) is 10.7 Å². The van der Waals surface area contributed by atoms with Gasteiger partial charge < -0.3 is 16.0 Å². The van der Waals surface area contributed by atoms with Crippen LogP contribution in [0, 0.1) is 0 Å². The molecule has 3 N–H and O–H groups in total. The molecule has 0 aliphatic carbocycles. The van der Waals surface area contributed by atoms with Gasteiger partial charge in [-0.3, -0.25) is 19.4 Å². The molecule has 2 aromatic rings. The number of ketones is 1. The topological polar surface area (TPSA) is 139 Å². The molecular formula is C24H32N6O5S2. The van der Waals surface area contributed by atoms with E-state index in [0.29, 0.717) is 49.7 Å². The molecule has 2 heterocycles. The van der Waals surface area contributed by atoms with Crippen molar-refractivity contribution in [3.05, 3.63) is 52.5 Å². The first-order valence-corrected chi connectivity index (χ1v) is 13.4. The van der Waals surface area contributed by atoms with Gasteiger partial charge in [0.1, 0.15) is 18.3 Å². The number of Topliss-reactive ketones (excluding diaryl/α,β-unsaturated/α-hetero) is 1. The highest BCUT2D eigenvalue weighted by Gasteiger charge is 2.37. The van der Waals surface area contributed by atoms with Gasteiger partial charge >= 0.3 is 0 Å². The summed E-state index contributed by atoms with van der Waals surface area (Å²) in [5, 5.41) is 4.85. The molecule has 1 fully saturated rings. The first-order chi connectivity index (χ1) is 17.9. The number of rotatable bonds is 14. The van der Waals surface area contributed by atoms with Crippen molar-refractivity contribution in [3.8, 4) is 0 Å². The predicted molar refractivity (Wildman–Crippen MR) is 143 cm³/mol. The van der Waals surface area contributed by atoms with Crippen LogP contribution in [0.1, 0.15) is 35.1 Å². The maximum Gasteiger partial charge on any atom is 0.241 e. The molecule has 3 rings (SSSR count). The summed E-state index contributed by atoms with van der Waals surface area (Å²) in [6.45, 7) is 2.79. The van der Waals surface area contributed by atoms with Gasteiger partial charge in [0.15, 0.2) is 5.01 Å². The van der Waals surface area contributed by atoms with E-state index < -0.39 is 18.0 Å². The molecule has 0 saturated carbocycles. The third-order valence-electron chi connectivity index (χ3n) is 5.64. The summed E-state index contributed by atoms with van der Waals surface area (Å²) in [6.07, 6.45) is 2.94. The third-order valence-corrected chi connectivity index (χ3v) is 7.26. The van der Waals surface area contributed by atoms with E-state index in [-0.39, 0.29) is 18.2 Å². The number of aromatic nitrogens is 1. The number of nitrogens with two attached hydrogens (primary N) is 1. The van der Waals surface area contributed by atoms with E-state index in [4.69, 9.17) is 15.0 Å². The fraction of sp³-hybridized carbons (Fsp3) is 0.458. The number of thiazole rings is 1. The second-order valence-electron chi connectivity index (χ2n) is 8.40. The number of piperazine rings is 1. The maximum absolute atomic E-state index is 13.4. The Kier molecular flexibility index (Phi) is 11.5. The number of aliphatic imine (C=N–C) groups is 1. The maximum atomic E-state index is 13.4. The van der Waals surface area contributed by atoms with Gasteiger partial charge in [-0.2, -0.15) is 0 Å². The molecule has 2 atom stereocenters. The van der Waals surface area contributed by atoms with Gasteiger partial charge in [-0.25, -0.2) is 14.2 Å². The fourth-order valence-corrected chi connectivity index (χ4v) is 5.08. The second-order valence-corrected chi connectivity index (χ2v) is 10.1. The number of nitrogens with one attached hydrogen (secondary N) is 1. The van der Waals surface area contributed by atoms with Crippen molar-refractivity contribution in [3.63, 3.8) is 0 Å². The Labute approximate surface area is 224 Å². The van der Waals surface area contributed by atoms with Crippen LogP contribution in [0.3, 0.4) is 0 Å². The summed E-state index contributed by atoms with van der Waals surface area (Å²) in [4.78, 5) is 53.9. The molecule has 1 aliphatic heterocycles. The standard InChI is InChI=1S/C24H32N6O5S2/c1-17(25)26-10-6-9-19(22(32)23-27-11-14-36-23)28-21(31)16-29-12-13-30(37-35-34-2)20(24(29)33)15-18-7-4-3-5-8-18/h3-5,7-8,11,14,19-20H,6,9-10,12-13,15-16H2,1-2H3,(H2,25,26)(H,28,31)/t19-,20-/m0/s1. The smallest absolute Gasteiger partial charge is 0.241 e. The van der Waals surface area contributed by atoms with Crippen molar-refractivity contribution in [1.82, 2.24) is 19.5 Å². The predicted octanol–water partition coefficient (Wildman–Crippen LogP) is 1.86. The number of amidine groups is 1. The van der Waals surface area contributed by atoms with Crippen molar-refractivity contribution >= 4 is 47.0 Å². The Balaban J connectivity index is 1.66. The number of nitrogens with zero attached hydrogens (tertiary/aromatic N) is 4. The molecule has 1 saturated heterocycles. The van der Waals surface area contributed by atoms with Crippen LogP contribution in [0.5, 0.6) is 0 Å². The summed E-state index contributed by atoms with van der Waals surface area (Å²) >= 11 is 2.19. The molecule has 2 amide bonds. The molecule has 200 valence electrons. The van der Waals surface area contributed by atoms with Gasteiger partial charge in [-0.1, -0.05) is 30.3 Å². The van der Waals surface area contributed by atoms with E-state index >= 15 is 0 Å². The molecule has 1 aromatic heterocycles. The molecule has 1 aliphatic rings. The van der Waals surface area contributed by atoms with Crippen LogP contribution in [0.2, 0.25) is 0 Å². The Hall–Kier alpha value is -2.84. The van der Waals surface area contributed by atoms with Crippen LogP contribution in [0.15, 0.2) is 46.9 Å². The summed E-state index contributed by atoms with van der Waals surface area (Å²) in [5.74, 6) is -0.408. The summed E-state index contributed by atoms with van der Waals surface area (Å²) in [6, 6.07) is 8.32. The molecular weight excluding hydrogens is 516 g/mol. The largest absolute Gasteiger partial charge is 0.388 e. The highest BCUT2D eigenvalue weighted by molar-refractivity contribution is 7.92. The molecule has 37 heavy (non-hydrogen) atoms. The SMILES string of the molecule is COOSN1CCN(CC(=O)N[C@@H](CCCN=C(C)N)C(=O)c2nccs2)C(=O)[C@@H]1Cc1ccccc1. The molecule has 13 heteroatoms. The van der Waals surface area contributed by atoms with E-state index in [1.165, 1.54) is 23.3 Å². The molecule has 1 aromatic carbocycles. The number of hydrogen-bond acceptors (Lipinski definition) is 10. The van der Waals surface area contributed by atoms with Crippen LogP contribution in [0.4, 0.5) is 0 Å². The quantitative estimate of drug-likeness (QED) is 0.0529. The zero-order chi connectivity index (χ0) is 26.6. The highest BCUT2D eigenvalue weighted by atomic mass is 32.2. The number of carbonyl (C=O) groups excluding carboxylic acids is 3. The monoisotopic (exact) mass is 548 g/mol. The lowest BCUT2D eigenvalue weighted by Crippen LogP contribution is -2.58. The lowest BCUT2D eigenvalue weighted by Gasteiger charge is -2.38. The van der Waals surface area contributed by atoms with Crippen LogP contribution >= 0.6 is 23.6 Å². The molecule has 0 unspecified atom stereocenters. The molecule has 11 nitrogen and oxygen atoms in total. The number of amides is 2. The van der Waals surface area contributed by atoms with E-state index in [1.54, 1.807) is 18.5 Å². The minimum atomic E-state index is -0.769. The van der Waals surface area contributed by atoms with Crippen molar-refractivity contribution < 1.29 is 23.6 Å². The minimum absolute atomic E-state index is 0.157. The highest BCUT2D eigenvalue weighted by Crippen LogP contribution is 2.24. The number of benzene rings is 1. The lowest BCUT2D eigenvalue weighted by atomic mass is 10.0. The zero-order valence-corrected chi connectivity index (χ0v) is 22.5. The zero-order valence-electron chi connectivity index (χ0n) is 20.9. The Morgan fingerprint density at radius 3 is 2.78 bits per heavy atom. The van der Waals surface area contributed by atoms with Gasteiger partial charge in [0, 0.05) is 31.2 Å². The Morgan fingerprint density at radius 1 is 1.32 bits per heavy atom. The first-order valence-electron chi connectivity index (χ1n) is 11.9. The lowest BCUT2D eigenvalue weighted by molar-refractivity contribution is -0.166. The number of carbonyl (C=O) groups is 3. The van der Waals surface area contributed by atoms with Gasteiger partial charge in [0.2, 0.25) is 17.6 Å². The summed E-state index contributed by atoms with van der Waals surface area (Å²) < 4.78 is 6.82. The Morgan fingerprint density at radius 2 is 2.11 bits per heavy atom. The van der Waals surface area contributed by atoms with Crippen molar-refractivity contribution in [1.29, 1.82) is 0 Å². The summed E-state index contributed by atoms with van der Waals surface area (Å²) in [7, 11) is 1.40. The van der Waals surface area contributed by atoms with E-state index in [2.05, 4.69) is 15.3 Å². The van der Waals surface area contributed by atoms with Gasteiger partial charge in [0.05, 0.1) is 25.5 Å². The van der Waals surface area contributed by atoms with Gasteiger partial charge in [-0.05, 0) is 31.7 Å². The second kappa shape index (κ2) is 14.8. The normalized spacial score (nSPS) is 17.6. The van der Waals surface area contributed by atoms with Gasteiger partial charge in [-0.15, -0.1) is 15.7 Å². The average molecular weight is 549 g/mol. The summed E-state index contributed by atoms with van der Waals surface area (Å²) in [5.41, 5.74) is 6.57. The minimum Gasteiger partial charge on any atom is -0.388 e. The van der Waals surface area contributed by atoms with E-state index in [1.807, 2.05) is 34.6 Å². The number of hydrogen-bond donors (Lipinski definition) is 2. The van der Waals surface area contributed by atoms with E-state index in [9.17, 15) is 14.4 Å². The first kappa shape index (κ1) is 28.7. The Bertz CT molecular complexity index is 1050. The molecule has 0 spiro atoms. The fourth-order valence-electron chi connectivity index (χ4n) is 3.89. The molecule has 0 bridgehead atoms. The molecule has 0 radical (unpaired) electrons. The van der Waals surface area contributed by atoms with E-state index in [0.717, 1.165) is 17.8 Å². The van der Waals surface area contributed by atoms with Gasteiger partial charge in [0.25, 0.3) is 0 Å². The van der Waals surface area contributed by atoms with Crippen molar-refractivity contribution in [2.45, 2.75) is 38.3 Å².